The van der Waals surface area contributed by atoms with Crippen LogP contribution in [0.15, 0.2) is 53.3 Å². The summed E-state index contributed by atoms with van der Waals surface area (Å²) in [7, 11) is 3.19. The zero-order valence-corrected chi connectivity index (χ0v) is 15.5. The fraction of sp³-hybridized carbons (Fsp3) is 0.200. The molecule has 8 heteroatoms. The number of esters is 1. The molecule has 0 radical (unpaired) electrons. The van der Waals surface area contributed by atoms with Crippen LogP contribution in [0.2, 0.25) is 0 Å². The summed E-state index contributed by atoms with van der Waals surface area (Å²) in [6.45, 7) is -0.0582. The Hall–Kier alpha value is -3.68. The molecule has 28 heavy (non-hydrogen) atoms. The highest BCUT2D eigenvalue weighted by molar-refractivity contribution is 5.80. The van der Waals surface area contributed by atoms with Gasteiger partial charge in [-0.05, 0) is 18.2 Å². The molecule has 0 aliphatic carbocycles. The van der Waals surface area contributed by atoms with Gasteiger partial charge in [0.15, 0.2) is 12.4 Å². The lowest BCUT2D eigenvalue weighted by Gasteiger charge is -2.09. The lowest BCUT2D eigenvalue weighted by Crippen LogP contribution is -2.20. The molecule has 0 aliphatic heterocycles. The van der Waals surface area contributed by atoms with Gasteiger partial charge in [-0.3, -0.25) is 18.6 Å². The third kappa shape index (κ3) is 2.98. The molecule has 0 N–H and O–H groups in total. The molecule has 0 amide bonds. The number of nitrogens with zero attached hydrogens (tertiary/aromatic N) is 4. The van der Waals surface area contributed by atoms with Crippen LogP contribution in [0.3, 0.4) is 0 Å². The van der Waals surface area contributed by atoms with Crippen LogP contribution in [-0.4, -0.2) is 32.2 Å². The number of ether oxygens (including phenoxy) is 2. The number of carbonyl (C=O) groups excluding carboxylic acids is 1. The third-order valence-electron chi connectivity index (χ3n) is 4.58. The molecule has 8 nitrogen and oxygen atoms in total. The molecule has 0 fully saturated rings. The summed E-state index contributed by atoms with van der Waals surface area (Å²) >= 11 is 0. The Kier molecular flexibility index (Phi) is 4.52. The van der Waals surface area contributed by atoms with Crippen molar-refractivity contribution in [2.24, 2.45) is 7.05 Å². The molecule has 2 aromatic heterocycles. The summed E-state index contributed by atoms with van der Waals surface area (Å²) in [5, 5.41) is 8.74. The molecule has 2 heterocycles. The van der Waals surface area contributed by atoms with E-state index in [0.717, 1.165) is 5.56 Å². The number of rotatable bonds is 5. The van der Waals surface area contributed by atoms with Crippen molar-refractivity contribution >= 4 is 22.6 Å². The highest BCUT2D eigenvalue weighted by Crippen LogP contribution is 2.19. The van der Waals surface area contributed by atoms with Gasteiger partial charge < -0.3 is 9.47 Å². The first-order chi connectivity index (χ1) is 13.6. The maximum atomic E-state index is 12.5. The third-order valence-corrected chi connectivity index (χ3v) is 4.58. The SMILES string of the molecule is COc1ccccc1CC(=O)OCc1nnc2n(C)c(=O)c3ccccc3n12. The molecule has 0 aliphatic rings. The van der Waals surface area contributed by atoms with Gasteiger partial charge in [0.05, 0.1) is 24.4 Å². The molecule has 0 unspecified atom stereocenters. The number of fused-ring (bicyclic) bond motifs is 3. The van der Waals surface area contributed by atoms with Gasteiger partial charge in [0.1, 0.15) is 5.75 Å². The number of benzene rings is 2. The van der Waals surface area contributed by atoms with Crippen LogP contribution in [0.4, 0.5) is 0 Å². The van der Waals surface area contributed by atoms with Crippen molar-refractivity contribution in [3.63, 3.8) is 0 Å². The van der Waals surface area contributed by atoms with Gasteiger partial charge in [-0.15, -0.1) is 10.2 Å². The van der Waals surface area contributed by atoms with Crippen molar-refractivity contribution in [1.82, 2.24) is 19.2 Å². The molecule has 0 atom stereocenters. The highest BCUT2D eigenvalue weighted by atomic mass is 16.5. The smallest absolute Gasteiger partial charge is 0.310 e. The highest BCUT2D eigenvalue weighted by Gasteiger charge is 2.16. The molecule has 2 aromatic carbocycles. The summed E-state index contributed by atoms with van der Waals surface area (Å²) in [5.41, 5.74) is 1.26. The van der Waals surface area contributed by atoms with Crippen LogP contribution in [0, 0.1) is 0 Å². The van der Waals surface area contributed by atoms with Crippen molar-refractivity contribution in [2.45, 2.75) is 13.0 Å². The summed E-state index contributed by atoms with van der Waals surface area (Å²) in [6, 6.07) is 14.5. The van der Waals surface area contributed by atoms with Crippen LogP contribution in [0.5, 0.6) is 5.75 Å². The predicted octanol–water partition coefficient (Wildman–Crippen LogP) is 1.88. The van der Waals surface area contributed by atoms with Crippen molar-refractivity contribution in [3.8, 4) is 5.75 Å². The average Bonchev–Trinajstić information content (AvgIpc) is 3.15. The molecule has 0 spiro atoms. The van der Waals surface area contributed by atoms with E-state index in [1.165, 1.54) is 4.57 Å². The van der Waals surface area contributed by atoms with Gasteiger partial charge in [0, 0.05) is 12.6 Å². The zero-order chi connectivity index (χ0) is 19.7. The number of aromatic nitrogens is 4. The Bertz CT molecular complexity index is 1240. The lowest BCUT2D eigenvalue weighted by atomic mass is 10.1. The molecule has 142 valence electrons. The standard InChI is InChI=1S/C20H18N4O4/c1-23-19(26)14-8-4-5-9-15(14)24-17(21-22-20(23)24)12-28-18(25)11-13-7-3-6-10-16(13)27-2/h3-10H,11-12H2,1-2H3. The fourth-order valence-corrected chi connectivity index (χ4v) is 3.19. The van der Waals surface area contributed by atoms with Crippen molar-refractivity contribution in [3.05, 3.63) is 70.3 Å². The number of carbonyl (C=O) groups is 1. The number of methoxy groups -OCH3 is 1. The molecular weight excluding hydrogens is 360 g/mol. The first-order valence-corrected chi connectivity index (χ1v) is 8.69. The second kappa shape index (κ2) is 7.15. The Balaban J connectivity index is 1.62. The number of hydrogen-bond acceptors (Lipinski definition) is 6. The summed E-state index contributed by atoms with van der Waals surface area (Å²) in [6.07, 6.45) is 0.0833. The molecule has 0 bridgehead atoms. The fourth-order valence-electron chi connectivity index (χ4n) is 3.19. The Morgan fingerprint density at radius 3 is 2.64 bits per heavy atom. The van der Waals surface area contributed by atoms with Gasteiger partial charge in [0.2, 0.25) is 5.78 Å². The summed E-state index contributed by atoms with van der Waals surface area (Å²) < 4.78 is 13.8. The zero-order valence-electron chi connectivity index (χ0n) is 15.5. The van der Waals surface area contributed by atoms with E-state index in [-0.39, 0.29) is 18.6 Å². The minimum atomic E-state index is -0.407. The van der Waals surface area contributed by atoms with Crippen LogP contribution < -0.4 is 10.3 Å². The Labute approximate surface area is 160 Å². The monoisotopic (exact) mass is 378 g/mol. The maximum absolute atomic E-state index is 12.5. The average molecular weight is 378 g/mol. The van der Waals surface area contributed by atoms with Gasteiger partial charge in [0.25, 0.3) is 5.56 Å². The van der Waals surface area contributed by atoms with Gasteiger partial charge in [-0.1, -0.05) is 30.3 Å². The molecule has 0 saturated carbocycles. The van der Waals surface area contributed by atoms with Crippen molar-refractivity contribution < 1.29 is 14.3 Å². The largest absolute Gasteiger partial charge is 0.496 e. The van der Waals surface area contributed by atoms with Gasteiger partial charge in [-0.2, -0.15) is 0 Å². The van der Waals surface area contributed by atoms with Crippen LogP contribution in [-0.2, 0) is 29.6 Å². The number of aryl methyl sites for hydroxylation is 1. The minimum absolute atomic E-state index is 0.0582. The topological polar surface area (TPSA) is 87.7 Å². The van der Waals surface area contributed by atoms with E-state index >= 15 is 0 Å². The first kappa shape index (κ1) is 17.7. The van der Waals surface area contributed by atoms with Crippen molar-refractivity contribution in [1.29, 1.82) is 0 Å². The van der Waals surface area contributed by atoms with E-state index < -0.39 is 5.97 Å². The van der Waals surface area contributed by atoms with E-state index in [2.05, 4.69) is 10.2 Å². The van der Waals surface area contributed by atoms with E-state index in [9.17, 15) is 9.59 Å². The second-order valence-electron chi connectivity index (χ2n) is 6.28. The van der Waals surface area contributed by atoms with Crippen LogP contribution >= 0.6 is 0 Å². The van der Waals surface area contributed by atoms with Gasteiger partial charge in [-0.25, -0.2) is 0 Å². The van der Waals surface area contributed by atoms with Crippen molar-refractivity contribution in [2.75, 3.05) is 7.11 Å². The molecular formula is C20H18N4O4. The Morgan fingerprint density at radius 2 is 1.82 bits per heavy atom. The summed E-state index contributed by atoms with van der Waals surface area (Å²) in [4.78, 5) is 24.8. The second-order valence-corrected chi connectivity index (χ2v) is 6.28. The normalized spacial score (nSPS) is 11.1. The quantitative estimate of drug-likeness (QED) is 0.493. The van der Waals surface area contributed by atoms with E-state index in [1.807, 2.05) is 30.3 Å². The Morgan fingerprint density at radius 1 is 1.07 bits per heavy atom. The predicted molar refractivity (Wildman–Crippen MR) is 102 cm³/mol. The van der Waals surface area contributed by atoms with Crippen LogP contribution in [0.1, 0.15) is 11.4 Å². The number of hydrogen-bond donors (Lipinski definition) is 0. The summed E-state index contributed by atoms with van der Waals surface area (Å²) in [5.74, 6) is 1.05. The van der Waals surface area contributed by atoms with E-state index in [1.54, 1.807) is 36.8 Å². The molecule has 4 rings (SSSR count). The maximum Gasteiger partial charge on any atom is 0.310 e. The minimum Gasteiger partial charge on any atom is -0.496 e. The number of para-hydroxylation sites is 2. The molecule has 0 saturated heterocycles. The van der Waals surface area contributed by atoms with E-state index in [4.69, 9.17) is 9.47 Å². The van der Waals surface area contributed by atoms with Gasteiger partial charge >= 0.3 is 5.97 Å². The van der Waals surface area contributed by atoms with E-state index in [0.29, 0.717) is 28.3 Å². The first-order valence-electron chi connectivity index (χ1n) is 8.69. The molecule has 4 aromatic rings. The lowest BCUT2D eigenvalue weighted by molar-refractivity contribution is -0.144. The van der Waals surface area contributed by atoms with Crippen LogP contribution in [0.25, 0.3) is 16.7 Å².